The smallest absolute Gasteiger partial charge is 0.146 e. The van der Waals surface area contributed by atoms with E-state index in [1.54, 1.807) is 12.1 Å². The van der Waals surface area contributed by atoms with Crippen molar-refractivity contribution in [3.8, 4) is 0 Å². The van der Waals surface area contributed by atoms with E-state index in [9.17, 15) is 4.39 Å². The van der Waals surface area contributed by atoms with Crippen LogP contribution >= 0.6 is 11.6 Å². The minimum Gasteiger partial charge on any atom is -0.321 e. The molecule has 0 radical (unpaired) electrons. The van der Waals surface area contributed by atoms with Gasteiger partial charge in [0, 0.05) is 11.1 Å². The molecule has 0 aliphatic carbocycles. The third-order valence-electron chi connectivity index (χ3n) is 2.75. The molecule has 0 unspecified atom stereocenters. The van der Waals surface area contributed by atoms with Crippen molar-refractivity contribution in [1.82, 2.24) is 0 Å². The van der Waals surface area contributed by atoms with E-state index in [-0.39, 0.29) is 10.8 Å². The summed E-state index contributed by atoms with van der Waals surface area (Å²) in [6.45, 7) is 3.90. The van der Waals surface area contributed by atoms with E-state index in [1.165, 1.54) is 6.07 Å². The van der Waals surface area contributed by atoms with Gasteiger partial charge in [-0.15, -0.1) is 0 Å². The molecule has 0 aliphatic rings. The molecule has 0 amide bonds. The van der Waals surface area contributed by atoms with Crippen molar-refractivity contribution in [3.05, 3.63) is 34.6 Å². The number of hydrogen-bond acceptors (Lipinski definition) is 1. The van der Waals surface area contributed by atoms with E-state index < -0.39 is 5.54 Å². The molecule has 2 N–H and O–H groups in total. The van der Waals surface area contributed by atoms with E-state index in [0.717, 1.165) is 0 Å². The molecule has 0 aromatic heterocycles. The average molecular weight is 216 g/mol. The Morgan fingerprint density at radius 1 is 1.36 bits per heavy atom. The fourth-order valence-electron chi connectivity index (χ4n) is 1.52. The Kier molecular flexibility index (Phi) is 3.51. The molecular formula is C11H15ClFN. The first kappa shape index (κ1) is 11.5. The summed E-state index contributed by atoms with van der Waals surface area (Å²) in [5, 5.41) is 0.138. The molecule has 0 saturated heterocycles. The maximum Gasteiger partial charge on any atom is 0.146 e. The summed E-state index contributed by atoms with van der Waals surface area (Å²) in [6.07, 6.45) is 1.39. The number of hydrogen-bond donors (Lipinski definition) is 1. The van der Waals surface area contributed by atoms with Crippen molar-refractivity contribution in [2.45, 2.75) is 32.2 Å². The highest BCUT2D eigenvalue weighted by molar-refractivity contribution is 6.30. The molecule has 1 aromatic carbocycles. The number of halogens is 2. The maximum atomic E-state index is 13.7. The van der Waals surface area contributed by atoms with Crippen LogP contribution in [0.5, 0.6) is 0 Å². The summed E-state index contributed by atoms with van der Waals surface area (Å²) in [7, 11) is 0. The lowest BCUT2D eigenvalue weighted by molar-refractivity contribution is 0.392. The SMILES string of the molecule is CCC(N)(CC)c1cccc(Cl)c1F. The van der Waals surface area contributed by atoms with Crippen LogP contribution in [0.1, 0.15) is 32.3 Å². The van der Waals surface area contributed by atoms with E-state index in [1.807, 2.05) is 13.8 Å². The maximum absolute atomic E-state index is 13.7. The normalized spacial score (nSPS) is 11.8. The summed E-state index contributed by atoms with van der Waals surface area (Å²) in [5.74, 6) is -0.389. The lowest BCUT2D eigenvalue weighted by atomic mass is 9.85. The standard InChI is InChI=1S/C11H15ClFN/c1-3-11(14,4-2)8-6-5-7-9(12)10(8)13/h5-7H,3-4,14H2,1-2H3. The van der Waals surface area contributed by atoms with Crippen molar-refractivity contribution in [1.29, 1.82) is 0 Å². The van der Waals surface area contributed by atoms with Crippen LogP contribution in [0.2, 0.25) is 5.02 Å². The lowest BCUT2D eigenvalue weighted by Gasteiger charge is -2.27. The summed E-state index contributed by atoms with van der Waals surface area (Å²) < 4.78 is 13.7. The van der Waals surface area contributed by atoms with Gasteiger partial charge in [-0.25, -0.2) is 4.39 Å². The van der Waals surface area contributed by atoms with Gasteiger partial charge in [0.1, 0.15) is 5.82 Å². The zero-order valence-electron chi connectivity index (χ0n) is 8.48. The zero-order chi connectivity index (χ0) is 10.8. The zero-order valence-corrected chi connectivity index (χ0v) is 9.24. The summed E-state index contributed by atoms with van der Waals surface area (Å²) in [6, 6.07) is 4.97. The summed E-state index contributed by atoms with van der Waals surface area (Å²) >= 11 is 5.70. The largest absolute Gasteiger partial charge is 0.321 e. The molecule has 1 nitrogen and oxygen atoms in total. The highest BCUT2D eigenvalue weighted by Crippen LogP contribution is 2.30. The molecule has 14 heavy (non-hydrogen) atoms. The Balaban J connectivity index is 3.24. The second kappa shape index (κ2) is 4.28. The second-order valence-corrected chi connectivity index (χ2v) is 3.87. The Labute approximate surface area is 89.1 Å². The first-order valence-corrected chi connectivity index (χ1v) is 5.16. The van der Waals surface area contributed by atoms with Crippen molar-refractivity contribution >= 4 is 11.6 Å². The first-order valence-electron chi connectivity index (χ1n) is 4.78. The van der Waals surface area contributed by atoms with Crippen LogP contribution < -0.4 is 5.73 Å². The monoisotopic (exact) mass is 215 g/mol. The van der Waals surface area contributed by atoms with Crippen LogP contribution in [0.4, 0.5) is 4.39 Å². The van der Waals surface area contributed by atoms with Crippen LogP contribution in [-0.2, 0) is 5.54 Å². The fraction of sp³-hybridized carbons (Fsp3) is 0.455. The number of benzene rings is 1. The van der Waals surface area contributed by atoms with Gasteiger partial charge in [-0.3, -0.25) is 0 Å². The van der Waals surface area contributed by atoms with E-state index in [0.29, 0.717) is 18.4 Å². The Bertz CT molecular complexity index is 321. The number of rotatable bonds is 3. The molecule has 0 bridgehead atoms. The molecule has 0 fully saturated rings. The van der Waals surface area contributed by atoms with Gasteiger partial charge < -0.3 is 5.73 Å². The lowest BCUT2D eigenvalue weighted by Crippen LogP contribution is -2.36. The Morgan fingerprint density at radius 3 is 2.43 bits per heavy atom. The highest BCUT2D eigenvalue weighted by Gasteiger charge is 2.26. The minimum atomic E-state index is -0.602. The van der Waals surface area contributed by atoms with Gasteiger partial charge in [0.15, 0.2) is 0 Å². The minimum absolute atomic E-state index is 0.138. The van der Waals surface area contributed by atoms with Gasteiger partial charge >= 0.3 is 0 Å². The molecule has 78 valence electrons. The first-order chi connectivity index (χ1) is 6.55. The molecule has 0 heterocycles. The molecule has 1 aromatic rings. The van der Waals surface area contributed by atoms with Gasteiger partial charge in [0.25, 0.3) is 0 Å². The molecule has 3 heteroatoms. The van der Waals surface area contributed by atoms with E-state index in [4.69, 9.17) is 17.3 Å². The third kappa shape index (κ3) is 1.91. The summed E-state index contributed by atoms with van der Waals surface area (Å²) in [4.78, 5) is 0. The van der Waals surface area contributed by atoms with Crippen LogP contribution in [0.15, 0.2) is 18.2 Å². The van der Waals surface area contributed by atoms with Gasteiger partial charge in [-0.2, -0.15) is 0 Å². The van der Waals surface area contributed by atoms with Crippen molar-refractivity contribution < 1.29 is 4.39 Å². The Hall–Kier alpha value is -0.600. The Morgan fingerprint density at radius 2 is 1.93 bits per heavy atom. The molecule has 0 spiro atoms. The predicted molar refractivity (Wildman–Crippen MR) is 57.9 cm³/mol. The van der Waals surface area contributed by atoms with Gasteiger partial charge in [-0.1, -0.05) is 37.6 Å². The molecule has 0 atom stereocenters. The molecule has 0 saturated carbocycles. The van der Waals surface area contributed by atoms with Crippen LogP contribution in [0.3, 0.4) is 0 Å². The van der Waals surface area contributed by atoms with Crippen LogP contribution in [0.25, 0.3) is 0 Å². The van der Waals surface area contributed by atoms with Gasteiger partial charge in [-0.05, 0) is 18.9 Å². The molecule has 1 rings (SSSR count). The molecule has 0 aliphatic heterocycles. The predicted octanol–water partition coefficient (Wildman–Crippen LogP) is 3.45. The van der Waals surface area contributed by atoms with Crippen molar-refractivity contribution in [2.24, 2.45) is 5.73 Å². The topological polar surface area (TPSA) is 26.0 Å². The third-order valence-corrected chi connectivity index (χ3v) is 3.04. The van der Waals surface area contributed by atoms with Gasteiger partial charge in [0.2, 0.25) is 0 Å². The summed E-state index contributed by atoms with van der Waals surface area (Å²) in [5.41, 5.74) is 6.00. The van der Waals surface area contributed by atoms with E-state index >= 15 is 0 Å². The van der Waals surface area contributed by atoms with Crippen molar-refractivity contribution in [2.75, 3.05) is 0 Å². The highest BCUT2D eigenvalue weighted by atomic mass is 35.5. The van der Waals surface area contributed by atoms with E-state index in [2.05, 4.69) is 0 Å². The fourth-order valence-corrected chi connectivity index (χ4v) is 1.69. The average Bonchev–Trinajstić information content (AvgIpc) is 2.21. The second-order valence-electron chi connectivity index (χ2n) is 3.46. The van der Waals surface area contributed by atoms with Gasteiger partial charge in [0.05, 0.1) is 5.02 Å². The molecular weight excluding hydrogens is 201 g/mol. The quantitative estimate of drug-likeness (QED) is 0.821. The van der Waals surface area contributed by atoms with Crippen molar-refractivity contribution in [3.63, 3.8) is 0 Å². The van der Waals surface area contributed by atoms with Crippen LogP contribution in [-0.4, -0.2) is 0 Å². The van der Waals surface area contributed by atoms with Crippen LogP contribution in [0, 0.1) is 5.82 Å². The number of nitrogens with two attached hydrogens (primary N) is 1.